The molecular formula is C34H43N5O9. The van der Waals surface area contributed by atoms with Crippen LogP contribution in [0, 0.1) is 5.92 Å². The van der Waals surface area contributed by atoms with Crippen molar-refractivity contribution in [1.82, 2.24) is 26.3 Å². The fraction of sp³-hybridized carbons (Fsp3) is 0.412. The number of hydrogen-bond donors (Lipinski definition) is 8. The fourth-order valence-electron chi connectivity index (χ4n) is 5.07. The summed E-state index contributed by atoms with van der Waals surface area (Å²) < 4.78 is 0. The fourth-order valence-corrected chi connectivity index (χ4v) is 5.07. The van der Waals surface area contributed by atoms with Gasteiger partial charge in [-0.05, 0) is 38.0 Å². The minimum Gasteiger partial charge on any atom is -0.480 e. The number of carboxylic acid groups (broad SMARTS) is 1. The van der Waals surface area contributed by atoms with Crippen LogP contribution in [0.3, 0.4) is 0 Å². The third-order valence-corrected chi connectivity index (χ3v) is 7.96. The highest BCUT2D eigenvalue weighted by Gasteiger charge is 2.36. The molecule has 14 heteroatoms. The zero-order valence-corrected chi connectivity index (χ0v) is 27.2. The van der Waals surface area contributed by atoms with Gasteiger partial charge < -0.3 is 41.6 Å². The Morgan fingerprint density at radius 1 is 0.688 bits per heavy atom. The number of carbonyl (C=O) groups excluding carboxylic acids is 5. The first-order chi connectivity index (χ1) is 22.7. The van der Waals surface area contributed by atoms with E-state index in [0.717, 1.165) is 16.5 Å². The molecule has 3 aromatic rings. The van der Waals surface area contributed by atoms with Gasteiger partial charge in [-0.15, -0.1) is 0 Å². The van der Waals surface area contributed by atoms with Crippen LogP contribution in [0.15, 0.2) is 60.8 Å². The van der Waals surface area contributed by atoms with E-state index >= 15 is 0 Å². The Balaban J connectivity index is 1.68. The van der Waals surface area contributed by atoms with Crippen molar-refractivity contribution in [2.75, 3.05) is 0 Å². The topological polar surface area (TPSA) is 227 Å². The predicted molar refractivity (Wildman–Crippen MR) is 175 cm³/mol. The Kier molecular flexibility index (Phi) is 13.4. The third-order valence-electron chi connectivity index (χ3n) is 7.96. The smallest absolute Gasteiger partial charge is 0.326 e. The summed E-state index contributed by atoms with van der Waals surface area (Å²) >= 11 is 0. The lowest BCUT2D eigenvalue weighted by Crippen LogP contribution is -2.61. The van der Waals surface area contributed by atoms with Gasteiger partial charge in [0.15, 0.2) is 5.78 Å². The number of amides is 4. The highest BCUT2D eigenvalue weighted by molar-refractivity contribution is 6.03. The number of ketones is 1. The standard InChI is InChI=1S/C34H43N5O9/c1-5-27(42)25(16-22-17-35-24-14-10-9-13-23(22)24)36-32(45)28(19(3)40)39-33(46)29(20(4)41)38-31(44)18(2)30(43)37-26(34(47)48)15-21-11-7-6-8-12-21/h6-14,17-20,25-26,28-29,35,40-41H,5,15-16H2,1-4H3,(H,36,45)(H,37,43)(H,38,44)(H,39,46)(H,47,48)/t18?,19-,20+,25-,26-,28-,29-/m0/s1. The number of nitrogens with one attached hydrogen (secondary N) is 5. The van der Waals surface area contributed by atoms with Crippen LogP contribution in [0.4, 0.5) is 0 Å². The summed E-state index contributed by atoms with van der Waals surface area (Å²) in [6, 6.07) is 10.4. The first-order valence-electron chi connectivity index (χ1n) is 15.6. The lowest BCUT2D eigenvalue weighted by Gasteiger charge is -2.28. The summed E-state index contributed by atoms with van der Waals surface area (Å²) in [6.45, 7) is 5.29. The number of aliphatic hydroxyl groups is 2. The second-order valence-electron chi connectivity index (χ2n) is 11.7. The van der Waals surface area contributed by atoms with Crippen LogP contribution in [-0.2, 0) is 41.6 Å². The van der Waals surface area contributed by atoms with Crippen molar-refractivity contribution in [1.29, 1.82) is 0 Å². The lowest BCUT2D eigenvalue weighted by molar-refractivity contribution is -0.144. The minimum atomic E-state index is -1.67. The first-order valence-corrected chi connectivity index (χ1v) is 15.6. The van der Waals surface area contributed by atoms with Gasteiger partial charge in [-0.25, -0.2) is 4.79 Å². The maximum atomic E-state index is 13.3. The maximum absolute atomic E-state index is 13.3. The van der Waals surface area contributed by atoms with Gasteiger partial charge in [0, 0.05) is 36.4 Å². The van der Waals surface area contributed by atoms with E-state index in [1.807, 2.05) is 24.3 Å². The Labute approximate surface area is 277 Å². The summed E-state index contributed by atoms with van der Waals surface area (Å²) in [4.78, 5) is 80.1. The van der Waals surface area contributed by atoms with Crippen molar-refractivity contribution in [3.63, 3.8) is 0 Å². The molecule has 0 saturated heterocycles. The minimum absolute atomic E-state index is 0.0375. The second kappa shape index (κ2) is 17.2. The van der Waals surface area contributed by atoms with Crippen LogP contribution in [0.1, 0.15) is 45.2 Å². The molecule has 48 heavy (non-hydrogen) atoms. The van der Waals surface area contributed by atoms with Crippen molar-refractivity contribution < 1.29 is 44.1 Å². The quantitative estimate of drug-likeness (QED) is 0.0930. The Hall–Kier alpha value is -5.08. The summed E-state index contributed by atoms with van der Waals surface area (Å²) in [6.07, 6.45) is -1.01. The summed E-state index contributed by atoms with van der Waals surface area (Å²) in [5, 5.41) is 40.8. The van der Waals surface area contributed by atoms with Crippen LogP contribution in [0.2, 0.25) is 0 Å². The molecule has 4 amide bonds. The molecule has 7 atom stereocenters. The largest absolute Gasteiger partial charge is 0.480 e. The third kappa shape index (κ3) is 9.96. The van der Waals surface area contributed by atoms with Gasteiger partial charge in [-0.1, -0.05) is 55.5 Å². The van der Waals surface area contributed by atoms with E-state index in [2.05, 4.69) is 26.3 Å². The summed E-state index contributed by atoms with van der Waals surface area (Å²) in [7, 11) is 0. The molecule has 2 aromatic carbocycles. The number of para-hydroxylation sites is 1. The van der Waals surface area contributed by atoms with E-state index in [0.29, 0.717) is 5.56 Å². The molecule has 0 radical (unpaired) electrons. The first kappa shape index (κ1) is 37.4. The van der Waals surface area contributed by atoms with Crippen molar-refractivity contribution in [3.05, 3.63) is 71.9 Å². The molecule has 1 aromatic heterocycles. The number of aliphatic carboxylic acids is 1. The number of H-pyrrole nitrogens is 1. The summed E-state index contributed by atoms with van der Waals surface area (Å²) in [5.41, 5.74) is 2.27. The average Bonchev–Trinajstić information content (AvgIpc) is 3.46. The molecular weight excluding hydrogens is 622 g/mol. The lowest BCUT2D eigenvalue weighted by atomic mass is 9.99. The Morgan fingerprint density at radius 3 is 1.79 bits per heavy atom. The van der Waals surface area contributed by atoms with E-state index in [1.54, 1.807) is 43.5 Å². The van der Waals surface area contributed by atoms with E-state index in [4.69, 9.17) is 0 Å². The molecule has 0 aliphatic carbocycles. The van der Waals surface area contributed by atoms with Crippen LogP contribution in [-0.4, -0.2) is 92.1 Å². The zero-order chi connectivity index (χ0) is 35.5. The Morgan fingerprint density at radius 2 is 1.21 bits per heavy atom. The van der Waals surface area contributed by atoms with E-state index in [9.17, 15) is 44.1 Å². The molecule has 0 saturated carbocycles. The number of fused-ring (bicyclic) bond motifs is 1. The second-order valence-corrected chi connectivity index (χ2v) is 11.7. The average molecular weight is 666 g/mol. The highest BCUT2D eigenvalue weighted by atomic mass is 16.4. The van der Waals surface area contributed by atoms with Crippen molar-refractivity contribution in [3.8, 4) is 0 Å². The highest BCUT2D eigenvalue weighted by Crippen LogP contribution is 2.20. The summed E-state index contributed by atoms with van der Waals surface area (Å²) in [5.74, 6) is -6.90. The van der Waals surface area contributed by atoms with Gasteiger partial charge in [0.05, 0.1) is 18.2 Å². The number of aromatic amines is 1. The van der Waals surface area contributed by atoms with E-state index < -0.39 is 71.9 Å². The monoisotopic (exact) mass is 665 g/mol. The number of Topliss-reactive ketones (excluding diaryl/α,β-unsaturated/α-hetero) is 1. The number of aliphatic hydroxyl groups excluding tert-OH is 2. The van der Waals surface area contributed by atoms with Crippen molar-refractivity contribution in [2.45, 2.75) is 83.3 Å². The number of aromatic nitrogens is 1. The van der Waals surface area contributed by atoms with Gasteiger partial charge in [0.25, 0.3) is 0 Å². The molecule has 1 unspecified atom stereocenters. The van der Waals surface area contributed by atoms with Gasteiger partial charge in [-0.2, -0.15) is 0 Å². The number of carboxylic acids is 1. The molecule has 14 nitrogen and oxygen atoms in total. The molecule has 0 aliphatic heterocycles. The molecule has 0 spiro atoms. The number of benzene rings is 2. The normalized spacial score (nSPS) is 15.5. The Bertz CT molecular complexity index is 1600. The van der Waals surface area contributed by atoms with Crippen molar-refractivity contribution >= 4 is 46.3 Å². The van der Waals surface area contributed by atoms with Gasteiger partial charge in [0.1, 0.15) is 24.0 Å². The number of hydrogen-bond acceptors (Lipinski definition) is 8. The molecule has 0 aliphatic rings. The SMILES string of the molecule is CCC(=O)[C@H](Cc1c[nH]c2ccccc12)NC(=O)[C@@H](NC(=O)[C@@H](NC(=O)C(C)C(=O)N[C@@H](Cc1ccccc1)C(=O)O)[C@@H](C)O)[C@H](C)O. The van der Waals surface area contributed by atoms with E-state index in [-0.39, 0.29) is 25.0 Å². The molecule has 0 bridgehead atoms. The predicted octanol–water partition coefficient (Wildman–Crippen LogP) is 0.354. The number of rotatable bonds is 17. The van der Waals surface area contributed by atoms with Gasteiger partial charge in [0.2, 0.25) is 23.6 Å². The van der Waals surface area contributed by atoms with Gasteiger partial charge in [-0.3, -0.25) is 24.0 Å². The zero-order valence-electron chi connectivity index (χ0n) is 27.2. The molecule has 258 valence electrons. The van der Waals surface area contributed by atoms with Crippen LogP contribution in [0.25, 0.3) is 10.9 Å². The van der Waals surface area contributed by atoms with E-state index in [1.165, 1.54) is 20.8 Å². The molecule has 8 N–H and O–H groups in total. The maximum Gasteiger partial charge on any atom is 0.326 e. The van der Waals surface area contributed by atoms with Crippen LogP contribution < -0.4 is 21.3 Å². The van der Waals surface area contributed by atoms with Gasteiger partial charge >= 0.3 is 5.97 Å². The molecule has 1 heterocycles. The van der Waals surface area contributed by atoms with Crippen LogP contribution in [0.5, 0.6) is 0 Å². The molecule has 3 rings (SSSR count). The van der Waals surface area contributed by atoms with Crippen LogP contribution >= 0.6 is 0 Å². The molecule has 0 fully saturated rings. The number of carbonyl (C=O) groups is 6. The van der Waals surface area contributed by atoms with Crippen molar-refractivity contribution in [2.24, 2.45) is 5.92 Å².